The molecule has 0 heterocycles. The highest BCUT2D eigenvalue weighted by Gasteiger charge is 2.02. The average molecular weight is 241 g/mol. The van der Waals surface area contributed by atoms with Crippen LogP contribution >= 0.6 is 0 Å². The molecule has 92 valence electrons. The van der Waals surface area contributed by atoms with E-state index < -0.39 is 5.97 Å². The number of anilines is 1. The minimum Gasteiger partial charge on any atom is -0.478 e. The van der Waals surface area contributed by atoms with Crippen molar-refractivity contribution in [3.63, 3.8) is 0 Å². The van der Waals surface area contributed by atoms with E-state index in [-0.39, 0.29) is 0 Å². The summed E-state index contributed by atoms with van der Waals surface area (Å²) in [5.41, 5.74) is 3.51. The van der Waals surface area contributed by atoms with Gasteiger partial charge in [-0.3, -0.25) is 0 Å². The van der Waals surface area contributed by atoms with Crippen molar-refractivity contribution in [2.75, 3.05) is 5.32 Å². The van der Waals surface area contributed by atoms with Gasteiger partial charge in [-0.05, 0) is 30.7 Å². The number of carboxylic acids is 1. The number of hydrogen-bond donors (Lipinski definition) is 2. The minimum absolute atomic E-state index is 0.295. The molecule has 0 fully saturated rings. The summed E-state index contributed by atoms with van der Waals surface area (Å²) in [4.78, 5) is 10.8. The van der Waals surface area contributed by atoms with Crippen LogP contribution in [0.3, 0.4) is 0 Å². The number of aryl methyl sites for hydroxylation is 1. The van der Waals surface area contributed by atoms with Gasteiger partial charge in [-0.1, -0.05) is 35.9 Å². The fraction of sp³-hybridized carbons (Fsp3) is 0.133. The van der Waals surface area contributed by atoms with Crippen LogP contribution in [0.15, 0.2) is 48.5 Å². The standard InChI is InChI=1S/C15H15NO2/c1-11-5-7-12(8-6-11)10-16-14-4-2-3-13(9-14)15(17)18/h2-9,16H,10H2,1H3,(H,17,18). The third-order valence-corrected chi connectivity index (χ3v) is 2.73. The highest BCUT2D eigenvalue weighted by atomic mass is 16.4. The summed E-state index contributed by atoms with van der Waals surface area (Å²) >= 11 is 0. The molecule has 2 aromatic rings. The van der Waals surface area contributed by atoms with E-state index >= 15 is 0 Å². The molecule has 0 aliphatic rings. The molecule has 0 unspecified atom stereocenters. The summed E-state index contributed by atoms with van der Waals surface area (Å²) in [5.74, 6) is -0.908. The second-order valence-electron chi connectivity index (χ2n) is 4.23. The van der Waals surface area contributed by atoms with Gasteiger partial charge in [0.25, 0.3) is 0 Å². The Kier molecular flexibility index (Phi) is 3.63. The van der Waals surface area contributed by atoms with Gasteiger partial charge in [0.2, 0.25) is 0 Å². The molecule has 2 N–H and O–H groups in total. The lowest BCUT2D eigenvalue weighted by Crippen LogP contribution is -2.01. The summed E-state index contributed by atoms with van der Waals surface area (Å²) < 4.78 is 0. The Labute approximate surface area is 106 Å². The third-order valence-electron chi connectivity index (χ3n) is 2.73. The Balaban J connectivity index is 2.04. The summed E-state index contributed by atoms with van der Waals surface area (Å²) in [6, 6.07) is 15.1. The molecule has 0 spiro atoms. The normalized spacial score (nSPS) is 10.1. The molecule has 0 radical (unpaired) electrons. The van der Waals surface area contributed by atoms with Crippen LogP contribution in [0.2, 0.25) is 0 Å². The second kappa shape index (κ2) is 5.36. The number of carboxylic acid groups (broad SMARTS) is 1. The first-order valence-electron chi connectivity index (χ1n) is 5.78. The topological polar surface area (TPSA) is 49.3 Å². The number of hydrogen-bond acceptors (Lipinski definition) is 2. The van der Waals surface area contributed by atoms with Crippen molar-refractivity contribution in [2.24, 2.45) is 0 Å². The van der Waals surface area contributed by atoms with Crippen LogP contribution in [0.4, 0.5) is 5.69 Å². The first-order chi connectivity index (χ1) is 8.65. The van der Waals surface area contributed by atoms with Crippen LogP contribution in [0.25, 0.3) is 0 Å². The van der Waals surface area contributed by atoms with Gasteiger partial charge in [0, 0.05) is 12.2 Å². The van der Waals surface area contributed by atoms with Crippen molar-refractivity contribution in [1.29, 1.82) is 0 Å². The first-order valence-corrected chi connectivity index (χ1v) is 5.78. The van der Waals surface area contributed by atoms with Crippen LogP contribution in [0.5, 0.6) is 0 Å². The summed E-state index contributed by atoms with van der Waals surface area (Å²) in [6.07, 6.45) is 0. The van der Waals surface area contributed by atoms with Gasteiger partial charge in [0.15, 0.2) is 0 Å². The van der Waals surface area contributed by atoms with Gasteiger partial charge >= 0.3 is 5.97 Å². The lowest BCUT2D eigenvalue weighted by atomic mass is 10.1. The Bertz CT molecular complexity index is 547. The fourth-order valence-corrected chi connectivity index (χ4v) is 1.67. The zero-order chi connectivity index (χ0) is 13.0. The molecule has 0 saturated carbocycles. The summed E-state index contributed by atoms with van der Waals surface area (Å²) in [5, 5.41) is 12.1. The van der Waals surface area contributed by atoms with E-state index in [1.54, 1.807) is 18.2 Å². The predicted molar refractivity (Wildman–Crippen MR) is 71.9 cm³/mol. The highest BCUT2D eigenvalue weighted by molar-refractivity contribution is 5.88. The predicted octanol–water partition coefficient (Wildman–Crippen LogP) is 3.31. The van der Waals surface area contributed by atoms with Crippen molar-refractivity contribution in [3.05, 3.63) is 65.2 Å². The maximum absolute atomic E-state index is 10.8. The average Bonchev–Trinajstić information content (AvgIpc) is 2.38. The lowest BCUT2D eigenvalue weighted by Gasteiger charge is -2.07. The maximum Gasteiger partial charge on any atom is 0.335 e. The Hall–Kier alpha value is -2.29. The highest BCUT2D eigenvalue weighted by Crippen LogP contribution is 2.12. The Morgan fingerprint density at radius 3 is 2.56 bits per heavy atom. The van der Waals surface area contributed by atoms with Gasteiger partial charge in [0.05, 0.1) is 5.56 Å². The van der Waals surface area contributed by atoms with Gasteiger partial charge in [-0.15, -0.1) is 0 Å². The van der Waals surface area contributed by atoms with Gasteiger partial charge in [0.1, 0.15) is 0 Å². The number of rotatable bonds is 4. The van der Waals surface area contributed by atoms with Crippen molar-refractivity contribution in [2.45, 2.75) is 13.5 Å². The number of benzene rings is 2. The zero-order valence-electron chi connectivity index (χ0n) is 10.2. The van der Waals surface area contributed by atoms with E-state index in [0.29, 0.717) is 12.1 Å². The molecule has 0 aromatic heterocycles. The van der Waals surface area contributed by atoms with E-state index in [1.807, 2.05) is 13.0 Å². The minimum atomic E-state index is -0.908. The van der Waals surface area contributed by atoms with Crippen LogP contribution in [0, 0.1) is 6.92 Å². The van der Waals surface area contributed by atoms with Crippen LogP contribution in [-0.2, 0) is 6.54 Å². The van der Waals surface area contributed by atoms with Crippen molar-refractivity contribution >= 4 is 11.7 Å². The molecule has 3 nitrogen and oxygen atoms in total. The van der Waals surface area contributed by atoms with E-state index in [9.17, 15) is 4.79 Å². The quantitative estimate of drug-likeness (QED) is 0.863. The summed E-state index contributed by atoms with van der Waals surface area (Å²) in [6.45, 7) is 2.73. The van der Waals surface area contributed by atoms with Gasteiger partial charge in [-0.2, -0.15) is 0 Å². The van der Waals surface area contributed by atoms with Crippen LogP contribution in [-0.4, -0.2) is 11.1 Å². The van der Waals surface area contributed by atoms with Crippen LogP contribution in [0.1, 0.15) is 21.5 Å². The second-order valence-corrected chi connectivity index (χ2v) is 4.23. The lowest BCUT2D eigenvalue weighted by molar-refractivity contribution is 0.0697. The summed E-state index contributed by atoms with van der Waals surface area (Å²) in [7, 11) is 0. The van der Waals surface area contributed by atoms with E-state index in [1.165, 1.54) is 11.1 Å². The fourth-order valence-electron chi connectivity index (χ4n) is 1.67. The smallest absolute Gasteiger partial charge is 0.335 e. The van der Waals surface area contributed by atoms with Crippen molar-refractivity contribution < 1.29 is 9.90 Å². The molecule has 3 heteroatoms. The van der Waals surface area contributed by atoms with Crippen molar-refractivity contribution in [3.8, 4) is 0 Å². The molecule has 18 heavy (non-hydrogen) atoms. The number of nitrogens with one attached hydrogen (secondary N) is 1. The third kappa shape index (κ3) is 3.10. The van der Waals surface area contributed by atoms with E-state index in [2.05, 4.69) is 29.6 Å². The molecule has 2 aromatic carbocycles. The number of carbonyl (C=O) groups is 1. The van der Waals surface area contributed by atoms with Crippen LogP contribution < -0.4 is 5.32 Å². The molecular weight excluding hydrogens is 226 g/mol. The number of aromatic carboxylic acids is 1. The monoisotopic (exact) mass is 241 g/mol. The SMILES string of the molecule is Cc1ccc(CNc2cccc(C(=O)O)c2)cc1. The molecule has 0 amide bonds. The molecule has 2 rings (SSSR count). The molecule has 0 saturated heterocycles. The Morgan fingerprint density at radius 1 is 1.17 bits per heavy atom. The zero-order valence-corrected chi connectivity index (χ0v) is 10.2. The maximum atomic E-state index is 10.8. The largest absolute Gasteiger partial charge is 0.478 e. The first kappa shape index (κ1) is 12.2. The van der Waals surface area contributed by atoms with Gasteiger partial charge in [-0.25, -0.2) is 4.79 Å². The molecule has 0 aliphatic carbocycles. The Morgan fingerprint density at radius 2 is 1.89 bits per heavy atom. The van der Waals surface area contributed by atoms with Crippen molar-refractivity contribution in [1.82, 2.24) is 0 Å². The molecular formula is C15H15NO2. The van der Waals surface area contributed by atoms with Gasteiger partial charge < -0.3 is 10.4 Å². The molecule has 0 bridgehead atoms. The van der Waals surface area contributed by atoms with E-state index in [0.717, 1.165) is 5.69 Å². The molecule has 0 aliphatic heterocycles. The van der Waals surface area contributed by atoms with E-state index in [4.69, 9.17) is 5.11 Å². The molecule has 0 atom stereocenters.